The number of nitrogens with zero attached hydrogens (tertiary/aromatic N) is 4. The number of piperazine rings is 1. The number of rotatable bonds is 8. The second-order valence-corrected chi connectivity index (χ2v) is 9.10. The van der Waals surface area contributed by atoms with Crippen LogP contribution in [0.2, 0.25) is 0 Å². The van der Waals surface area contributed by atoms with Crippen LogP contribution in [0.5, 0.6) is 0 Å². The molecule has 1 aromatic carbocycles. The third-order valence-corrected chi connectivity index (χ3v) is 6.72. The fourth-order valence-corrected chi connectivity index (χ4v) is 4.91. The van der Waals surface area contributed by atoms with Gasteiger partial charge >= 0.3 is 0 Å². The Morgan fingerprint density at radius 2 is 1.78 bits per heavy atom. The minimum Gasteiger partial charge on any atom is -0.375 e. The van der Waals surface area contributed by atoms with E-state index in [1.807, 2.05) is 0 Å². The molecule has 2 unspecified atom stereocenters. The van der Waals surface area contributed by atoms with Crippen LogP contribution in [-0.2, 0) is 16.0 Å². The van der Waals surface area contributed by atoms with Crippen LogP contribution in [0.3, 0.4) is 0 Å². The molecule has 7 nitrogen and oxygen atoms in total. The van der Waals surface area contributed by atoms with Crippen LogP contribution in [0.1, 0.15) is 31.7 Å². The molecule has 3 aliphatic heterocycles. The van der Waals surface area contributed by atoms with Crippen LogP contribution >= 0.6 is 0 Å². The van der Waals surface area contributed by atoms with Gasteiger partial charge in [-0.15, -0.1) is 0 Å². The number of aliphatic imine (C=N–C) groups is 1. The average Bonchev–Trinajstić information content (AvgIpc) is 3.38. The lowest BCUT2D eigenvalue weighted by Crippen LogP contribution is -2.53. The van der Waals surface area contributed by atoms with Gasteiger partial charge in [-0.2, -0.15) is 0 Å². The summed E-state index contributed by atoms with van der Waals surface area (Å²) in [7, 11) is 0. The van der Waals surface area contributed by atoms with Crippen LogP contribution in [0.25, 0.3) is 0 Å². The summed E-state index contributed by atoms with van der Waals surface area (Å²) < 4.78 is 11.9. The number of nitrogens with one attached hydrogen (secondary N) is 1. The molecule has 0 radical (unpaired) electrons. The third-order valence-electron chi connectivity index (χ3n) is 6.72. The maximum absolute atomic E-state index is 6.01. The number of morpholine rings is 1. The first-order valence-electron chi connectivity index (χ1n) is 12.6. The van der Waals surface area contributed by atoms with Gasteiger partial charge in [0.25, 0.3) is 0 Å². The Bertz CT molecular complexity index is 687. The number of guanidine groups is 1. The van der Waals surface area contributed by atoms with Crippen molar-refractivity contribution in [3.63, 3.8) is 0 Å². The van der Waals surface area contributed by atoms with E-state index < -0.39 is 0 Å². The SMILES string of the molecule is CCNC(=NCCCN1CCN(Cc2ccccc2)CC1)N1CCOC(C2CCCO2)C1. The van der Waals surface area contributed by atoms with Gasteiger partial charge in [0, 0.05) is 72.1 Å². The highest BCUT2D eigenvalue weighted by atomic mass is 16.5. The van der Waals surface area contributed by atoms with Crippen molar-refractivity contribution >= 4 is 5.96 Å². The predicted octanol–water partition coefficient (Wildman–Crippen LogP) is 2.04. The number of ether oxygens (including phenoxy) is 2. The molecule has 4 rings (SSSR count). The first-order valence-corrected chi connectivity index (χ1v) is 12.6. The van der Waals surface area contributed by atoms with E-state index in [1.54, 1.807) is 0 Å². The van der Waals surface area contributed by atoms with Gasteiger partial charge in [-0.05, 0) is 31.7 Å². The molecule has 2 atom stereocenters. The van der Waals surface area contributed by atoms with Gasteiger partial charge in [0.15, 0.2) is 5.96 Å². The van der Waals surface area contributed by atoms with Gasteiger partial charge in [-0.3, -0.25) is 9.89 Å². The van der Waals surface area contributed by atoms with Gasteiger partial charge in [-0.1, -0.05) is 30.3 Å². The molecule has 1 N–H and O–H groups in total. The Hall–Kier alpha value is -1.67. The van der Waals surface area contributed by atoms with E-state index in [0.717, 1.165) is 104 Å². The lowest BCUT2D eigenvalue weighted by Gasteiger charge is -2.37. The quantitative estimate of drug-likeness (QED) is 0.377. The Morgan fingerprint density at radius 1 is 1.00 bits per heavy atom. The Balaban J connectivity index is 1.17. The van der Waals surface area contributed by atoms with E-state index in [0.29, 0.717) is 0 Å². The van der Waals surface area contributed by atoms with Crippen molar-refractivity contribution in [2.24, 2.45) is 4.99 Å². The predicted molar refractivity (Wildman–Crippen MR) is 129 cm³/mol. The molecular weight excluding hydrogens is 402 g/mol. The van der Waals surface area contributed by atoms with Crippen molar-refractivity contribution in [3.05, 3.63) is 35.9 Å². The van der Waals surface area contributed by atoms with Crippen LogP contribution in [0.4, 0.5) is 0 Å². The lowest BCUT2D eigenvalue weighted by molar-refractivity contribution is -0.0817. The minimum atomic E-state index is 0.169. The molecule has 3 fully saturated rings. The van der Waals surface area contributed by atoms with Crippen molar-refractivity contribution in [2.75, 3.05) is 72.1 Å². The van der Waals surface area contributed by atoms with E-state index in [1.165, 1.54) is 5.56 Å². The summed E-state index contributed by atoms with van der Waals surface area (Å²) in [6.07, 6.45) is 3.79. The Labute approximate surface area is 193 Å². The molecule has 0 aromatic heterocycles. The van der Waals surface area contributed by atoms with Gasteiger partial charge in [0.05, 0.1) is 12.7 Å². The maximum Gasteiger partial charge on any atom is 0.194 e. The highest BCUT2D eigenvalue weighted by Gasteiger charge is 2.32. The minimum absolute atomic E-state index is 0.169. The zero-order chi connectivity index (χ0) is 22.0. The highest BCUT2D eigenvalue weighted by Crippen LogP contribution is 2.21. The van der Waals surface area contributed by atoms with Crippen LogP contribution in [0, 0.1) is 0 Å². The summed E-state index contributed by atoms with van der Waals surface area (Å²) in [5, 5.41) is 3.49. The fourth-order valence-electron chi connectivity index (χ4n) is 4.91. The molecule has 7 heteroatoms. The second kappa shape index (κ2) is 12.5. The van der Waals surface area contributed by atoms with Gasteiger partial charge in [-0.25, -0.2) is 0 Å². The van der Waals surface area contributed by atoms with Crippen molar-refractivity contribution in [3.8, 4) is 0 Å². The van der Waals surface area contributed by atoms with Crippen molar-refractivity contribution < 1.29 is 9.47 Å². The molecule has 0 bridgehead atoms. The van der Waals surface area contributed by atoms with Crippen molar-refractivity contribution in [1.29, 1.82) is 0 Å². The fraction of sp³-hybridized carbons (Fsp3) is 0.720. The summed E-state index contributed by atoms with van der Waals surface area (Å²) in [5.74, 6) is 1.03. The molecule has 178 valence electrons. The largest absolute Gasteiger partial charge is 0.375 e. The standard InChI is InChI=1S/C25H41N5O2/c1-2-26-25(30-17-19-32-24(21-30)23-10-6-18-31-23)27-11-7-12-28-13-15-29(16-14-28)20-22-8-4-3-5-9-22/h3-5,8-9,23-24H,2,6-7,10-21H2,1H3,(H,26,27). The monoisotopic (exact) mass is 443 g/mol. The van der Waals surface area contributed by atoms with E-state index in [-0.39, 0.29) is 12.2 Å². The molecule has 0 amide bonds. The van der Waals surface area contributed by atoms with Crippen molar-refractivity contribution in [1.82, 2.24) is 20.0 Å². The topological polar surface area (TPSA) is 52.6 Å². The van der Waals surface area contributed by atoms with Crippen LogP contribution in [-0.4, -0.2) is 105 Å². The molecule has 1 aromatic rings. The first kappa shape index (κ1) is 23.5. The zero-order valence-electron chi connectivity index (χ0n) is 19.8. The number of hydrogen-bond acceptors (Lipinski definition) is 5. The summed E-state index contributed by atoms with van der Waals surface area (Å²) in [5.41, 5.74) is 1.41. The zero-order valence-corrected chi connectivity index (χ0v) is 19.8. The Kier molecular flexibility index (Phi) is 9.20. The second-order valence-electron chi connectivity index (χ2n) is 9.10. The molecule has 3 heterocycles. The van der Waals surface area contributed by atoms with E-state index >= 15 is 0 Å². The number of benzene rings is 1. The molecule has 3 saturated heterocycles. The maximum atomic E-state index is 6.01. The van der Waals surface area contributed by atoms with Gasteiger partial charge in [0.2, 0.25) is 0 Å². The third kappa shape index (κ3) is 6.91. The smallest absolute Gasteiger partial charge is 0.194 e. The van der Waals surface area contributed by atoms with E-state index in [2.05, 4.69) is 57.3 Å². The molecule has 0 aliphatic carbocycles. The lowest BCUT2D eigenvalue weighted by atomic mass is 10.1. The number of hydrogen-bond donors (Lipinski definition) is 1. The molecule has 3 aliphatic rings. The Morgan fingerprint density at radius 3 is 2.53 bits per heavy atom. The average molecular weight is 444 g/mol. The first-order chi connectivity index (χ1) is 15.8. The van der Waals surface area contributed by atoms with E-state index in [9.17, 15) is 0 Å². The normalized spacial score (nSPS) is 25.9. The van der Waals surface area contributed by atoms with Gasteiger partial charge in [0.1, 0.15) is 6.10 Å². The highest BCUT2D eigenvalue weighted by molar-refractivity contribution is 5.80. The van der Waals surface area contributed by atoms with Crippen molar-refractivity contribution in [2.45, 2.75) is 44.9 Å². The van der Waals surface area contributed by atoms with Gasteiger partial charge < -0.3 is 24.6 Å². The molecule has 0 spiro atoms. The summed E-state index contributed by atoms with van der Waals surface area (Å²) in [6.45, 7) is 14.1. The van der Waals surface area contributed by atoms with E-state index in [4.69, 9.17) is 14.5 Å². The molecular formula is C25H41N5O2. The summed E-state index contributed by atoms with van der Waals surface area (Å²) >= 11 is 0. The summed E-state index contributed by atoms with van der Waals surface area (Å²) in [6, 6.07) is 10.8. The molecule has 32 heavy (non-hydrogen) atoms. The van der Waals surface area contributed by atoms with Crippen LogP contribution in [0.15, 0.2) is 35.3 Å². The summed E-state index contributed by atoms with van der Waals surface area (Å²) in [4.78, 5) is 12.5. The van der Waals surface area contributed by atoms with Crippen LogP contribution < -0.4 is 5.32 Å². The molecule has 0 saturated carbocycles.